The monoisotopic (exact) mass is 684 g/mol. The van der Waals surface area contributed by atoms with Crippen molar-refractivity contribution in [3.05, 3.63) is 48.6 Å². The summed E-state index contributed by atoms with van der Waals surface area (Å²) in [5.74, 6) is -0.218. The molecule has 0 aliphatic carbocycles. The number of carbonyl (C=O) groups is 2. The van der Waals surface area contributed by atoms with E-state index < -0.39 is 32.5 Å². The fraction of sp³-hybridized carbons (Fsp3) is 0.730. The van der Waals surface area contributed by atoms with Crippen molar-refractivity contribution >= 4 is 19.8 Å². The van der Waals surface area contributed by atoms with Crippen LogP contribution in [0, 0.1) is 5.92 Å². The molecule has 0 aromatic rings. The van der Waals surface area contributed by atoms with Gasteiger partial charge in [0, 0.05) is 12.8 Å². The van der Waals surface area contributed by atoms with Crippen LogP contribution in [0.15, 0.2) is 48.6 Å². The quantitative estimate of drug-likeness (QED) is 0.0282. The zero-order valence-electron chi connectivity index (χ0n) is 29.4. The highest BCUT2D eigenvalue weighted by Gasteiger charge is 2.22. The number of hydrogen-bond acceptors (Lipinski definition) is 7. The highest BCUT2D eigenvalue weighted by molar-refractivity contribution is 7.46. The Balaban J connectivity index is 4.13. The van der Waals surface area contributed by atoms with Crippen LogP contribution in [-0.4, -0.2) is 52.3 Å². The van der Waals surface area contributed by atoms with Crippen LogP contribution in [0.1, 0.15) is 143 Å². The number of ether oxygens (including phenoxy) is 2. The molecular formula is C37H65O9P. The molecular weight excluding hydrogens is 619 g/mol. The summed E-state index contributed by atoms with van der Waals surface area (Å²) in [5, 5.41) is 9.77. The van der Waals surface area contributed by atoms with Crippen molar-refractivity contribution in [2.45, 2.75) is 155 Å². The molecule has 0 spiro atoms. The van der Waals surface area contributed by atoms with E-state index in [4.69, 9.17) is 19.3 Å². The summed E-state index contributed by atoms with van der Waals surface area (Å²) in [6, 6.07) is 0. The molecule has 0 rings (SSSR count). The van der Waals surface area contributed by atoms with Gasteiger partial charge in [-0.3, -0.25) is 14.1 Å². The van der Waals surface area contributed by atoms with Crippen LogP contribution in [0.2, 0.25) is 0 Å². The third-order valence-electron chi connectivity index (χ3n) is 7.35. The SMILES string of the molecule is CCCC[C@H](O)/C=C\C/C=C\C/C=C\C/C=C\CCCC(=O)OC[C@H](COP(=O)(O)O)OC(=O)CCCCCCCCCCC(C)C. The minimum Gasteiger partial charge on any atom is -0.462 e. The van der Waals surface area contributed by atoms with Crippen LogP contribution in [0.3, 0.4) is 0 Å². The number of phosphoric acid groups is 1. The molecule has 0 aromatic carbocycles. The summed E-state index contributed by atoms with van der Waals surface area (Å²) in [4.78, 5) is 42.6. The van der Waals surface area contributed by atoms with Crippen molar-refractivity contribution in [2.75, 3.05) is 13.2 Å². The lowest BCUT2D eigenvalue weighted by Crippen LogP contribution is -2.29. The summed E-state index contributed by atoms with van der Waals surface area (Å²) in [5.41, 5.74) is 0. The van der Waals surface area contributed by atoms with E-state index >= 15 is 0 Å². The number of rotatable bonds is 31. The van der Waals surface area contributed by atoms with Gasteiger partial charge in [-0.05, 0) is 50.9 Å². The number of allylic oxidation sites excluding steroid dienone is 7. The number of unbranched alkanes of at least 4 members (excludes halogenated alkanes) is 9. The third kappa shape index (κ3) is 35.1. The van der Waals surface area contributed by atoms with Crippen molar-refractivity contribution in [1.29, 1.82) is 0 Å². The Morgan fingerprint density at radius 2 is 1.23 bits per heavy atom. The van der Waals surface area contributed by atoms with Gasteiger partial charge in [0.2, 0.25) is 0 Å². The molecule has 47 heavy (non-hydrogen) atoms. The number of hydrogen-bond donors (Lipinski definition) is 3. The second-order valence-electron chi connectivity index (χ2n) is 12.5. The first-order valence-electron chi connectivity index (χ1n) is 17.9. The predicted octanol–water partition coefficient (Wildman–Crippen LogP) is 9.22. The average molecular weight is 685 g/mol. The van der Waals surface area contributed by atoms with Crippen molar-refractivity contribution in [3.8, 4) is 0 Å². The van der Waals surface area contributed by atoms with Gasteiger partial charge in [0.25, 0.3) is 0 Å². The molecule has 10 heteroatoms. The van der Waals surface area contributed by atoms with Crippen LogP contribution in [0.5, 0.6) is 0 Å². The Kier molecular flexibility index (Phi) is 29.9. The molecule has 9 nitrogen and oxygen atoms in total. The molecule has 0 amide bonds. The van der Waals surface area contributed by atoms with Crippen LogP contribution in [0.25, 0.3) is 0 Å². The second kappa shape index (κ2) is 31.3. The maximum absolute atomic E-state index is 12.3. The van der Waals surface area contributed by atoms with Gasteiger partial charge in [0.05, 0.1) is 12.7 Å². The zero-order valence-corrected chi connectivity index (χ0v) is 30.3. The highest BCUT2D eigenvalue weighted by Crippen LogP contribution is 2.36. The Bertz CT molecular complexity index is 936. The fourth-order valence-corrected chi connectivity index (χ4v) is 4.99. The van der Waals surface area contributed by atoms with Gasteiger partial charge in [-0.15, -0.1) is 0 Å². The van der Waals surface area contributed by atoms with E-state index in [1.165, 1.54) is 32.1 Å². The number of esters is 2. The van der Waals surface area contributed by atoms with Crippen LogP contribution in [0.4, 0.5) is 0 Å². The van der Waals surface area contributed by atoms with E-state index in [-0.39, 0.29) is 25.6 Å². The van der Waals surface area contributed by atoms with Gasteiger partial charge in [0.1, 0.15) is 6.61 Å². The van der Waals surface area contributed by atoms with Gasteiger partial charge in [-0.2, -0.15) is 0 Å². The summed E-state index contributed by atoms with van der Waals surface area (Å²) >= 11 is 0. The van der Waals surface area contributed by atoms with E-state index in [1.54, 1.807) is 0 Å². The molecule has 0 unspecified atom stereocenters. The lowest BCUT2D eigenvalue weighted by molar-refractivity contribution is -0.161. The van der Waals surface area contributed by atoms with Crippen molar-refractivity contribution in [1.82, 2.24) is 0 Å². The Hall–Kier alpha value is -2.03. The summed E-state index contributed by atoms with van der Waals surface area (Å²) in [6.45, 7) is 5.72. The van der Waals surface area contributed by atoms with Crippen LogP contribution < -0.4 is 0 Å². The van der Waals surface area contributed by atoms with E-state index in [2.05, 4.69) is 49.6 Å². The standard InChI is InChI=1S/C37H65O9P/c1-4-5-27-34(38)28-23-19-15-10-8-6-7-9-11-16-20-24-29-36(39)44-31-35(32-45-47(41,42)43)46-37(40)30-25-21-17-13-12-14-18-22-26-33(2)3/h6-7,10-11,15-16,23,28,33-35,38H,4-5,8-9,12-14,17-22,24-27,29-32H2,1-3H3,(H2,41,42,43)/b7-6-,15-10-,16-11-,28-23-/t34-,35+/m0/s1. The molecule has 0 bridgehead atoms. The third-order valence-corrected chi connectivity index (χ3v) is 7.83. The first-order valence-corrected chi connectivity index (χ1v) is 19.4. The normalized spacial score (nSPS) is 13.9. The van der Waals surface area contributed by atoms with E-state index in [1.807, 2.05) is 24.3 Å². The first-order chi connectivity index (χ1) is 22.5. The number of aliphatic hydroxyl groups is 1. The number of aliphatic hydroxyl groups excluding tert-OH is 1. The van der Waals surface area contributed by atoms with E-state index in [0.717, 1.165) is 63.7 Å². The Morgan fingerprint density at radius 1 is 0.681 bits per heavy atom. The smallest absolute Gasteiger partial charge is 0.462 e. The van der Waals surface area contributed by atoms with Gasteiger partial charge >= 0.3 is 19.8 Å². The molecule has 3 N–H and O–H groups in total. The maximum Gasteiger partial charge on any atom is 0.469 e. The lowest BCUT2D eigenvalue weighted by atomic mass is 10.0. The molecule has 0 aliphatic rings. The van der Waals surface area contributed by atoms with Crippen molar-refractivity contribution in [3.63, 3.8) is 0 Å². The molecule has 0 aliphatic heterocycles. The molecule has 0 saturated carbocycles. The molecule has 0 radical (unpaired) electrons. The molecule has 0 fully saturated rings. The lowest BCUT2D eigenvalue weighted by Gasteiger charge is -2.18. The maximum atomic E-state index is 12.3. The van der Waals surface area contributed by atoms with Gasteiger partial charge in [0.15, 0.2) is 6.10 Å². The van der Waals surface area contributed by atoms with E-state index in [9.17, 15) is 19.3 Å². The predicted molar refractivity (Wildman–Crippen MR) is 190 cm³/mol. The number of phosphoric ester groups is 1. The topological polar surface area (TPSA) is 140 Å². The van der Waals surface area contributed by atoms with Crippen LogP contribution in [-0.2, 0) is 28.2 Å². The molecule has 2 atom stereocenters. The molecule has 0 saturated heterocycles. The second-order valence-corrected chi connectivity index (χ2v) is 13.7. The molecule has 0 heterocycles. The summed E-state index contributed by atoms with van der Waals surface area (Å²) in [7, 11) is -4.77. The Labute approximate surface area is 285 Å². The molecule has 272 valence electrons. The molecule has 0 aromatic heterocycles. The first kappa shape index (κ1) is 45.0. The van der Waals surface area contributed by atoms with Gasteiger partial charge < -0.3 is 24.4 Å². The largest absolute Gasteiger partial charge is 0.469 e. The van der Waals surface area contributed by atoms with Crippen molar-refractivity contribution < 1.29 is 43.0 Å². The fourth-order valence-electron chi connectivity index (χ4n) is 4.63. The van der Waals surface area contributed by atoms with Gasteiger partial charge in [-0.1, -0.05) is 134 Å². The Morgan fingerprint density at radius 3 is 1.83 bits per heavy atom. The minimum atomic E-state index is -4.77. The summed E-state index contributed by atoms with van der Waals surface area (Å²) < 4.78 is 26.2. The number of carbonyl (C=O) groups excluding carboxylic acids is 2. The van der Waals surface area contributed by atoms with Crippen molar-refractivity contribution in [2.24, 2.45) is 5.92 Å². The minimum absolute atomic E-state index is 0.173. The average Bonchev–Trinajstić information content (AvgIpc) is 3.01. The summed E-state index contributed by atoms with van der Waals surface area (Å²) in [6.07, 6.45) is 31.9. The zero-order chi connectivity index (χ0) is 35.0. The highest BCUT2D eigenvalue weighted by atomic mass is 31.2. The van der Waals surface area contributed by atoms with Gasteiger partial charge in [-0.25, -0.2) is 4.57 Å². The van der Waals surface area contributed by atoms with E-state index in [0.29, 0.717) is 19.3 Å². The van der Waals surface area contributed by atoms with Crippen LogP contribution >= 0.6 is 7.82 Å².